The highest BCUT2D eigenvalue weighted by Crippen LogP contribution is 2.52. The lowest BCUT2D eigenvalue weighted by Gasteiger charge is -2.38. The van der Waals surface area contributed by atoms with Crippen LogP contribution in [0.2, 0.25) is 0 Å². The van der Waals surface area contributed by atoms with Gasteiger partial charge in [0.1, 0.15) is 5.75 Å². The van der Waals surface area contributed by atoms with Crippen LogP contribution in [0.5, 0.6) is 5.75 Å². The summed E-state index contributed by atoms with van der Waals surface area (Å²) in [5, 5.41) is 19.0. The SMILES string of the molecule is CCn1ccc2c(N3CCCS3(O)O)cc(C(=O)N[C@@H](Cc3ccccc3)[C@H](O)CNC(C)(C)c3cccc(OC)c3)cc21. The number of fused-ring (bicyclic) bond motifs is 1. The number of aliphatic hydroxyl groups excluding tert-OH is 1. The number of hydrogen-bond acceptors (Lipinski definition) is 7. The Morgan fingerprint density at radius 3 is 2.52 bits per heavy atom. The molecule has 236 valence electrons. The molecule has 0 spiro atoms. The van der Waals surface area contributed by atoms with Crippen molar-refractivity contribution in [1.29, 1.82) is 0 Å². The van der Waals surface area contributed by atoms with Crippen LogP contribution >= 0.6 is 10.8 Å². The lowest BCUT2D eigenvalue weighted by molar-refractivity contribution is 0.0814. The van der Waals surface area contributed by atoms with E-state index in [2.05, 4.69) is 10.6 Å². The van der Waals surface area contributed by atoms with Gasteiger partial charge in [-0.3, -0.25) is 18.2 Å². The number of nitrogens with one attached hydrogen (secondary N) is 2. The van der Waals surface area contributed by atoms with Crippen molar-refractivity contribution in [1.82, 2.24) is 15.2 Å². The molecule has 3 aromatic carbocycles. The molecule has 1 aliphatic heterocycles. The van der Waals surface area contributed by atoms with Crippen molar-refractivity contribution in [3.8, 4) is 5.75 Å². The summed E-state index contributed by atoms with van der Waals surface area (Å²) in [7, 11) is -1.33. The number of benzene rings is 3. The van der Waals surface area contributed by atoms with E-state index in [1.165, 1.54) is 0 Å². The zero-order chi connectivity index (χ0) is 31.5. The maximum absolute atomic E-state index is 13.9. The molecule has 0 radical (unpaired) electrons. The van der Waals surface area contributed by atoms with Gasteiger partial charge >= 0.3 is 0 Å². The molecule has 5 N–H and O–H groups in total. The van der Waals surface area contributed by atoms with Crippen molar-refractivity contribution < 1.29 is 23.7 Å². The van der Waals surface area contributed by atoms with E-state index in [4.69, 9.17) is 4.74 Å². The van der Waals surface area contributed by atoms with Gasteiger partial charge in [0.25, 0.3) is 5.91 Å². The third-order valence-corrected chi connectivity index (χ3v) is 10.4. The van der Waals surface area contributed by atoms with Crippen molar-refractivity contribution in [2.24, 2.45) is 0 Å². The van der Waals surface area contributed by atoms with Crippen LogP contribution in [-0.4, -0.2) is 62.8 Å². The number of ether oxygens (including phenoxy) is 1. The van der Waals surface area contributed by atoms with Gasteiger partial charge in [-0.2, -0.15) is 0 Å². The predicted octanol–water partition coefficient (Wildman–Crippen LogP) is 5.77. The Balaban J connectivity index is 1.42. The smallest absolute Gasteiger partial charge is 0.251 e. The van der Waals surface area contributed by atoms with Gasteiger partial charge < -0.3 is 25.0 Å². The number of hydrogen-bond donors (Lipinski definition) is 5. The third-order valence-electron chi connectivity index (χ3n) is 8.49. The second kappa shape index (κ2) is 13.2. The first-order valence-corrected chi connectivity index (χ1v) is 16.8. The highest BCUT2D eigenvalue weighted by molar-refractivity contribution is 8.25. The molecule has 1 aromatic heterocycles. The quantitative estimate of drug-likeness (QED) is 0.136. The highest BCUT2D eigenvalue weighted by Gasteiger charge is 2.32. The molecule has 0 unspecified atom stereocenters. The zero-order valence-electron chi connectivity index (χ0n) is 25.9. The van der Waals surface area contributed by atoms with Gasteiger partial charge in [0.05, 0.1) is 36.2 Å². The molecule has 0 aliphatic carbocycles. The summed E-state index contributed by atoms with van der Waals surface area (Å²) in [6.45, 7) is 7.56. The van der Waals surface area contributed by atoms with Crippen LogP contribution in [0.4, 0.5) is 5.69 Å². The maximum atomic E-state index is 13.9. The van der Waals surface area contributed by atoms with E-state index in [0.29, 0.717) is 42.9 Å². The largest absolute Gasteiger partial charge is 0.497 e. The third kappa shape index (κ3) is 6.90. The zero-order valence-corrected chi connectivity index (χ0v) is 26.7. The van der Waals surface area contributed by atoms with Crippen LogP contribution in [-0.2, 0) is 18.5 Å². The lowest BCUT2D eigenvalue weighted by Crippen LogP contribution is -2.51. The highest BCUT2D eigenvalue weighted by atomic mass is 32.3. The summed E-state index contributed by atoms with van der Waals surface area (Å²) in [6.07, 6.45) is 2.15. The normalized spacial score (nSPS) is 16.9. The number of carbonyl (C=O) groups is 1. The van der Waals surface area contributed by atoms with Crippen molar-refractivity contribution in [3.05, 3.63) is 95.7 Å². The molecule has 2 atom stereocenters. The van der Waals surface area contributed by atoms with Crippen LogP contribution in [0.25, 0.3) is 10.9 Å². The van der Waals surface area contributed by atoms with Crippen molar-refractivity contribution >= 4 is 33.3 Å². The molecule has 1 fully saturated rings. The first kappa shape index (κ1) is 31.9. The molecular weight excluding hydrogens is 576 g/mol. The molecule has 9 nitrogen and oxygen atoms in total. The van der Waals surface area contributed by atoms with Crippen LogP contribution in [0, 0.1) is 0 Å². The number of carbonyl (C=O) groups excluding carboxylic acids is 1. The fourth-order valence-corrected chi connectivity index (χ4v) is 7.47. The molecule has 1 aliphatic rings. The summed E-state index contributed by atoms with van der Waals surface area (Å²) in [5.74, 6) is 0.733. The van der Waals surface area contributed by atoms with E-state index in [9.17, 15) is 19.0 Å². The van der Waals surface area contributed by atoms with Crippen LogP contribution in [0.15, 0.2) is 79.0 Å². The van der Waals surface area contributed by atoms with Gasteiger partial charge in [-0.1, -0.05) is 42.5 Å². The van der Waals surface area contributed by atoms with Crippen LogP contribution in [0.1, 0.15) is 48.7 Å². The summed E-state index contributed by atoms with van der Waals surface area (Å²) < 4.78 is 30.7. The fraction of sp³-hybridized carbons (Fsp3) is 0.382. The molecule has 1 saturated heterocycles. The molecule has 5 rings (SSSR count). The van der Waals surface area contributed by atoms with E-state index in [1.54, 1.807) is 17.5 Å². The summed E-state index contributed by atoms with van der Waals surface area (Å²) >= 11 is 0. The molecule has 0 saturated carbocycles. The van der Waals surface area contributed by atoms with Gasteiger partial charge in [-0.05, 0) is 75.1 Å². The topological polar surface area (TPSA) is 119 Å². The van der Waals surface area contributed by atoms with Gasteiger partial charge in [-0.25, -0.2) is 0 Å². The van der Waals surface area contributed by atoms with Gasteiger partial charge in [-0.15, -0.1) is 10.8 Å². The van der Waals surface area contributed by atoms with Gasteiger partial charge in [0.2, 0.25) is 0 Å². The van der Waals surface area contributed by atoms with E-state index in [1.807, 2.05) is 98.3 Å². The number of methoxy groups -OCH3 is 1. The number of rotatable bonds is 12. The molecule has 0 bridgehead atoms. The minimum atomic E-state index is -2.96. The average molecular weight is 621 g/mol. The molecule has 4 aromatic rings. The van der Waals surface area contributed by atoms with Crippen molar-refractivity contribution in [2.75, 3.05) is 30.3 Å². The number of anilines is 1. The Bertz CT molecular complexity index is 1590. The van der Waals surface area contributed by atoms with Gasteiger partial charge in [0.15, 0.2) is 0 Å². The number of aromatic nitrogens is 1. The van der Waals surface area contributed by atoms with Gasteiger partial charge in [0, 0.05) is 42.3 Å². The monoisotopic (exact) mass is 620 g/mol. The minimum absolute atomic E-state index is 0.236. The predicted molar refractivity (Wildman–Crippen MR) is 179 cm³/mol. The Kier molecular flexibility index (Phi) is 9.57. The number of aliphatic hydroxyl groups is 1. The second-order valence-corrected chi connectivity index (χ2v) is 14.0. The molecule has 1 amide bonds. The fourth-order valence-electron chi connectivity index (χ4n) is 5.84. The summed E-state index contributed by atoms with van der Waals surface area (Å²) in [5.41, 5.74) is 3.42. The van der Waals surface area contributed by atoms with E-state index >= 15 is 0 Å². The number of nitrogens with zero attached hydrogens (tertiary/aromatic N) is 2. The first-order valence-electron chi connectivity index (χ1n) is 15.1. The maximum Gasteiger partial charge on any atom is 0.251 e. The first-order chi connectivity index (χ1) is 21.0. The van der Waals surface area contributed by atoms with E-state index in [0.717, 1.165) is 27.8 Å². The Labute approximate surface area is 261 Å². The average Bonchev–Trinajstić information content (AvgIpc) is 3.61. The summed E-state index contributed by atoms with van der Waals surface area (Å²) in [4.78, 5) is 13.9. The van der Waals surface area contributed by atoms with E-state index < -0.39 is 28.5 Å². The van der Waals surface area contributed by atoms with E-state index in [-0.39, 0.29) is 12.5 Å². The standard InChI is InChI=1S/C34H44N4O5S/c1-5-37-17-15-28-30(37)20-25(21-31(28)38-16-10-18-44(38,41)42)33(40)36-29(19-24-11-7-6-8-12-24)32(39)23-35-34(2,3)26-13-9-14-27(22-26)43-4/h6-9,11-15,17,20-22,29,32,35,39,41-42H,5,10,16,18-19,23H2,1-4H3,(H,36,40)/t29-,32+/m0/s1. The Morgan fingerprint density at radius 1 is 1.07 bits per heavy atom. The number of amides is 1. The second-order valence-electron chi connectivity index (χ2n) is 11.9. The minimum Gasteiger partial charge on any atom is -0.497 e. The Morgan fingerprint density at radius 2 is 1.84 bits per heavy atom. The molecule has 2 heterocycles. The summed E-state index contributed by atoms with van der Waals surface area (Å²) in [6, 6.07) is 22.6. The molecular formula is C34H44N4O5S. The number of aryl methyl sites for hydroxylation is 1. The molecule has 44 heavy (non-hydrogen) atoms. The lowest BCUT2D eigenvalue weighted by atomic mass is 9.93. The van der Waals surface area contributed by atoms with Crippen molar-refractivity contribution in [3.63, 3.8) is 0 Å². The molecule has 10 heteroatoms. The van der Waals surface area contributed by atoms with Crippen LogP contribution < -0.4 is 19.7 Å². The Hall–Kier alpha value is -3.54. The van der Waals surface area contributed by atoms with Crippen molar-refractivity contribution in [2.45, 2.75) is 57.8 Å². The van der Waals surface area contributed by atoms with Crippen LogP contribution in [0.3, 0.4) is 0 Å².